The quantitative estimate of drug-likeness (QED) is 0.227. The summed E-state index contributed by atoms with van der Waals surface area (Å²) in [4.78, 5) is 17.3. The second-order valence-corrected chi connectivity index (χ2v) is 12.0. The van der Waals surface area contributed by atoms with Gasteiger partial charge in [0.05, 0.1) is 35.4 Å². The summed E-state index contributed by atoms with van der Waals surface area (Å²) in [7, 11) is 0. The zero-order valence-corrected chi connectivity index (χ0v) is 25.6. The highest BCUT2D eigenvalue weighted by molar-refractivity contribution is 6.51. The predicted octanol–water partition coefficient (Wildman–Crippen LogP) is 8.07. The predicted molar refractivity (Wildman–Crippen MR) is 177 cm³/mol. The van der Waals surface area contributed by atoms with Gasteiger partial charge in [-0.15, -0.1) is 0 Å². The molecule has 0 spiro atoms. The van der Waals surface area contributed by atoms with E-state index in [1.807, 2.05) is 72.3 Å². The van der Waals surface area contributed by atoms with E-state index in [1.165, 1.54) is 5.56 Å². The molecular weight excluding hydrogens is 546 g/mol. The van der Waals surface area contributed by atoms with Gasteiger partial charge in [-0.2, -0.15) is 9.78 Å². The summed E-state index contributed by atoms with van der Waals surface area (Å²) in [6.07, 6.45) is 1.78. The summed E-state index contributed by atoms with van der Waals surface area (Å²) < 4.78 is 7.80. The highest BCUT2D eigenvalue weighted by Crippen LogP contribution is 2.48. The number of nitrogens with zero attached hydrogens (tertiary/aromatic N) is 6. The minimum atomic E-state index is -0.209. The van der Waals surface area contributed by atoms with E-state index in [9.17, 15) is 0 Å². The van der Waals surface area contributed by atoms with Crippen molar-refractivity contribution in [2.45, 2.75) is 46.1 Å². The monoisotopic (exact) mass is 581 g/mol. The lowest BCUT2D eigenvalue weighted by atomic mass is 9.85. The van der Waals surface area contributed by atoms with Crippen LogP contribution in [0.3, 0.4) is 0 Å². The molecule has 3 aromatic carbocycles. The number of pyridine rings is 1. The summed E-state index contributed by atoms with van der Waals surface area (Å²) in [5, 5.41) is 8.58. The molecule has 0 bridgehead atoms. The van der Waals surface area contributed by atoms with Crippen LogP contribution in [-0.4, -0.2) is 33.0 Å². The molecule has 8 nitrogen and oxygen atoms in total. The minimum Gasteiger partial charge on any atom is -0.492 e. The van der Waals surface area contributed by atoms with Gasteiger partial charge in [0.15, 0.2) is 23.3 Å². The number of rotatable bonds is 5. The summed E-state index contributed by atoms with van der Waals surface area (Å²) in [6, 6.07) is 30.7. The molecule has 220 valence electrons. The van der Waals surface area contributed by atoms with Crippen LogP contribution in [-0.2, 0) is 5.41 Å². The third-order valence-corrected chi connectivity index (χ3v) is 8.04. The fraction of sp³-hybridized carbons (Fsp3) is 0.222. The number of amidine groups is 2. The van der Waals surface area contributed by atoms with Gasteiger partial charge in [0, 0.05) is 11.8 Å². The molecule has 0 fully saturated rings. The topological polar surface area (TPSA) is 79.9 Å². The Hall–Kier alpha value is -5.24. The third kappa shape index (κ3) is 4.72. The zero-order valence-electron chi connectivity index (χ0n) is 25.6. The molecule has 8 heteroatoms. The number of aromatic nitrogens is 3. The first-order valence-corrected chi connectivity index (χ1v) is 15.0. The van der Waals surface area contributed by atoms with E-state index in [0.717, 1.165) is 45.5 Å². The van der Waals surface area contributed by atoms with Gasteiger partial charge in [0.1, 0.15) is 5.75 Å². The van der Waals surface area contributed by atoms with Crippen LogP contribution in [0.5, 0.6) is 5.75 Å². The Bertz CT molecular complexity index is 1900. The fourth-order valence-corrected chi connectivity index (χ4v) is 5.90. The highest BCUT2D eigenvalue weighted by atomic mass is 16.5. The van der Waals surface area contributed by atoms with Crippen LogP contribution in [0.2, 0.25) is 0 Å². The maximum atomic E-state index is 5.96. The number of benzene rings is 3. The fourth-order valence-electron chi connectivity index (χ4n) is 5.90. The van der Waals surface area contributed by atoms with Gasteiger partial charge in [0.25, 0.3) is 0 Å². The number of hydrogen-bond donors (Lipinski definition) is 1. The Morgan fingerprint density at radius 2 is 1.61 bits per heavy atom. The maximum absolute atomic E-state index is 5.96. The van der Waals surface area contributed by atoms with E-state index in [0.29, 0.717) is 24.1 Å². The van der Waals surface area contributed by atoms with E-state index in [4.69, 9.17) is 19.8 Å². The number of nitrogens with one attached hydrogen (secondary N) is 1. The van der Waals surface area contributed by atoms with Gasteiger partial charge in [-0.3, -0.25) is 0 Å². The van der Waals surface area contributed by atoms with Gasteiger partial charge in [-0.1, -0.05) is 75.4 Å². The molecule has 0 radical (unpaired) electrons. The lowest BCUT2D eigenvalue weighted by Crippen LogP contribution is -2.46. The van der Waals surface area contributed by atoms with Crippen molar-refractivity contribution in [3.63, 3.8) is 0 Å². The van der Waals surface area contributed by atoms with E-state index in [2.05, 4.69) is 73.2 Å². The Balaban J connectivity index is 1.47. The maximum Gasteiger partial charge on any atom is 0.179 e. The SMILES string of the molecule is CCOc1ccccc1NC1=Nc2ccccc2N2C1=Nc1c(c(C)nn1-c1ccccn1)C2c1ccc(C(C)(C)C)cc1. The lowest BCUT2D eigenvalue weighted by molar-refractivity contribution is 0.342. The lowest BCUT2D eigenvalue weighted by Gasteiger charge is -2.40. The third-order valence-electron chi connectivity index (χ3n) is 8.04. The summed E-state index contributed by atoms with van der Waals surface area (Å²) in [5.41, 5.74) is 7.05. The molecule has 1 N–H and O–H groups in total. The van der Waals surface area contributed by atoms with Crippen LogP contribution in [0.25, 0.3) is 5.82 Å². The number of fused-ring (bicyclic) bond motifs is 4. The van der Waals surface area contributed by atoms with Gasteiger partial charge in [-0.05, 0) is 66.8 Å². The van der Waals surface area contributed by atoms with Crippen molar-refractivity contribution in [2.24, 2.45) is 9.98 Å². The van der Waals surface area contributed by atoms with Crippen LogP contribution in [0.4, 0.5) is 22.9 Å². The molecule has 7 rings (SSSR count). The number of para-hydroxylation sites is 4. The second kappa shape index (κ2) is 10.8. The number of hydrogen-bond acceptors (Lipinski definition) is 7. The molecule has 2 aliphatic rings. The Kier molecular flexibility index (Phi) is 6.77. The molecule has 0 aliphatic carbocycles. The van der Waals surface area contributed by atoms with Crippen molar-refractivity contribution in [1.29, 1.82) is 0 Å². The first-order chi connectivity index (χ1) is 21.3. The molecule has 4 heterocycles. The number of ether oxygens (including phenoxy) is 1. The zero-order chi connectivity index (χ0) is 30.4. The first-order valence-electron chi connectivity index (χ1n) is 15.0. The number of aryl methyl sites for hydroxylation is 1. The molecule has 0 saturated heterocycles. The summed E-state index contributed by atoms with van der Waals surface area (Å²) >= 11 is 0. The average molecular weight is 582 g/mol. The minimum absolute atomic E-state index is 0.0398. The van der Waals surface area contributed by atoms with Crippen LogP contribution < -0.4 is 15.0 Å². The molecular formula is C36H35N7O. The highest BCUT2D eigenvalue weighted by Gasteiger charge is 2.41. The van der Waals surface area contributed by atoms with Crippen molar-refractivity contribution >= 4 is 34.6 Å². The second-order valence-electron chi connectivity index (χ2n) is 12.0. The number of anilines is 2. The van der Waals surface area contributed by atoms with Crippen molar-refractivity contribution in [2.75, 3.05) is 16.8 Å². The summed E-state index contributed by atoms with van der Waals surface area (Å²) in [6.45, 7) is 11.3. The molecule has 1 unspecified atom stereocenters. The molecule has 2 aliphatic heterocycles. The van der Waals surface area contributed by atoms with Gasteiger partial charge in [-0.25, -0.2) is 15.0 Å². The smallest absolute Gasteiger partial charge is 0.179 e. The van der Waals surface area contributed by atoms with E-state index in [-0.39, 0.29) is 11.5 Å². The van der Waals surface area contributed by atoms with Crippen molar-refractivity contribution in [3.8, 4) is 11.6 Å². The molecule has 0 saturated carbocycles. The molecule has 2 aromatic heterocycles. The summed E-state index contributed by atoms with van der Waals surface area (Å²) in [5.74, 6) is 3.53. The number of aliphatic imine (C=N–C) groups is 2. The molecule has 5 aromatic rings. The Labute approximate surface area is 257 Å². The Morgan fingerprint density at radius 3 is 2.36 bits per heavy atom. The molecule has 0 amide bonds. The first kappa shape index (κ1) is 27.6. The van der Waals surface area contributed by atoms with E-state index < -0.39 is 0 Å². The largest absolute Gasteiger partial charge is 0.492 e. The van der Waals surface area contributed by atoms with Crippen molar-refractivity contribution in [1.82, 2.24) is 14.8 Å². The van der Waals surface area contributed by atoms with Crippen LogP contribution in [0, 0.1) is 6.92 Å². The van der Waals surface area contributed by atoms with Crippen molar-refractivity contribution < 1.29 is 4.74 Å². The van der Waals surface area contributed by atoms with Gasteiger partial charge in [0.2, 0.25) is 0 Å². The van der Waals surface area contributed by atoms with Crippen LogP contribution in [0.1, 0.15) is 56.1 Å². The Morgan fingerprint density at radius 1 is 0.864 bits per heavy atom. The van der Waals surface area contributed by atoms with Gasteiger partial charge >= 0.3 is 0 Å². The molecule has 44 heavy (non-hydrogen) atoms. The average Bonchev–Trinajstić information content (AvgIpc) is 3.37. The van der Waals surface area contributed by atoms with E-state index in [1.54, 1.807) is 6.20 Å². The van der Waals surface area contributed by atoms with Gasteiger partial charge < -0.3 is 15.0 Å². The van der Waals surface area contributed by atoms with Crippen LogP contribution in [0.15, 0.2) is 107 Å². The van der Waals surface area contributed by atoms with E-state index >= 15 is 0 Å². The van der Waals surface area contributed by atoms with Crippen LogP contribution >= 0.6 is 0 Å². The van der Waals surface area contributed by atoms with Crippen molar-refractivity contribution in [3.05, 3.63) is 120 Å². The standard InChI is InChI=1S/C36H35N7O/c1-6-44-29-16-10-8-14-27(29)39-33-35-40-34-31(23(2)41-43(34)30-17-11-12-22-37-30)32(24-18-20-25(21-19-24)36(3,4)5)42(35)28-15-9-7-13-26(28)38-33/h7-22,32H,6H2,1-5H3,(H,38,39). The normalized spacial score (nSPS) is 15.5. The molecule has 1 atom stereocenters.